The van der Waals surface area contributed by atoms with E-state index in [0.717, 1.165) is 16.8 Å². The number of hydrogen-bond acceptors (Lipinski definition) is 3. The first kappa shape index (κ1) is 19.0. The summed E-state index contributed by atoms with van der Waals surface area (Å²) in [7, 11) is 0. The molecule has 154 valence electrons. The van der Waals surface area contributed by atoms with Crippen LogP contribution in [0.4, 0.5) is 5.69 Å². The lowest BCUT2D eigenvalue weighted by Crippen LogP contribution is -2.99. The van der Waals surface area contributed by atoms with E-state index in [2.05, 4.69) is 19.2 Å². The van der Waals surface area contributed by atoms with Gasteiger partial charge in [-0.2, -0.15) is 0 Å². The number of amides is 3. The average Bonchev–Trinajstić information content (AvgIpc) is 3.33. The van der Waals surface area contributed by atoms with Crippen LogP contribution in [-0.2, 0) is 26.3 Å². The number of fused-ring (bicyclic) bond motifs is 4. The van der Waals surface area contributed by atoms with Crippen molar-refractivity contribution in [1.29, 1.82) is 0 Å². The van der Waals surface area contributed by atoms with Gasteiger partial charge in [0.15, 0.2) is 0 Å². The summed E-state index contributed by atoms with van der Waals surface area (Å²) in [5, 5.41) is 4.96. The predicted molar refractivity (Wildman–Crippen MR) is 111 cm³/mol. The van der Waals surface area contributed by atoms with Crippen LogP contribution in [0.5, 0.6) is 0 Å². The van der Waals surface area contributed by atoms with Crippen LogP contribution in [0.2, 0.25) is 0 Å². The van der Waals surface area contributed by atoms with E-state index in [9.17, 15) is 14.4 Å². The zero-order chi connectivity index (χ0) is 21.0. The van der Waals surface area contributed by atoms with Crippen LogP contribution >= 0.6 is 0 Å². The molecule has 0 aliphatic carbocycles. The summed E-state index contributed by atoms with van der Waals surface area (Å²) in [6, 6.07) is 17.3. The Hall–Kier alpha value is -2.99. The monoisotopic (exact) mass is 404 g/mol. The standard InChI is InChI=1S/C24H25N3O3/c1-14(2)20-18-19(24(26-20)16-10-6-7-11-17(16)25-23(24)30)22(29)27(21(18)28)13-12-15-8-4-3-5-9-15/h3-11,14,18-20,26H,12-13H2,1-2H3,(H,25,30)/p+1/t18-,19-,20+,24-/m0/s1. The fourth-order valence-electron chi connectivity index (χ4n) is 5.62. The zero-order valence-corrected chi connectivity index (χ0v) is 17.2. The fourth-order valence-corrected chi connectivity index (χ4v) is 5.62. The van der Waals surface area contributed by atoms with Gasteiger partial charge in [0.1, 0.15) is 17.9 Å². The van der Waals surface area contributed by atoms with Gasteiger partial charge >= 0.3 is 0 Å². The number of likely N-dealkylation sites (tertiary alicyclic amines) is 1. The largest absolute Gasteiger partial charge is 0.326 e. The molecule has 3 amide bonds. The van der Waals surface area contributed by atoms with Gasteiger partial charge < -0.3 is 10.6 Å². The molecule has 0 radical (unpaired) electrons. The van der Waals surface area contributed by atoms with Crippen LogP contribution in [0.1, 0.15) is 25.0 Å². The lowest BCUT2D eigenvalue weighted by Gasteiger charge is -2.27. The van der Waals surface area contributed by atoms with Crippen LogP contribution < -0.4 is 10.6 Å². The highest BCUT2D eigenvalue weighted by Crippen LogP contribution is 2.49. The summed E-state index contributed by atoms with van der Waals surface area (Å²) >= 11 is 0. The highest BCUT2D eigenvalue weighted by atomic mass is 16.2. The Labute approximate surface area is 175 Å². The van der Waals surface area contributed by atoms with Crippen LogP contribution in [0.3, 0.4) is 0 Å². The summed E-state index contributed by atoms with van der Waals surface area (Å²) in [4.78, 5) is 41.7. The smallest absolute Gasteiger partial charge is 0.291 e. The molecule has 0 saturated carbocycles. The first-order chi connectivity index (χ1) is 14.4. The van der Waals surface area contributed by atoms with Gasteiger partial charge in [-0.1, -0.05) is 62.4 Å². The van der Waals surface area contributed by atoms with E-state index in [0.29, 0.717) is 13.0 Å². The van der Waals surface area contributed by atoms with E-state index in [1.54, 1.807) is 0 Å². The topological polar surface area (TPSA) is 83.1 Å². The molecule has 6 nitrogen and oxygen atoms in total. The van der Waals surface area contributed by atoms with Gasteiger partial charge in [0.25, 0.3) is 5.91 Å². The summed E-state index contributed by atoms with van der Waals surface area (Å²) in [5.41, 5.74) is 1.58. The van der Waals surface area contributed by atoms with Crippen molar-refractivity contribution in [1.82, 2.24) is 4.90 Å². The number of para-hydroxylation sites is 1. The molecular weight excluding hydrogens is 378 g/mol. The van der Waals surface area contributed by atoms with Gasteiger partial charge in [-0.3, -0.25) is 19.3 Å². The molecule has 3 N–H and O–H groups in total. The quantitative estimate of drug-likeness (QED) is 0.753. The normalized spacial score (nSPS) is 29.6. The van der Waals surface area contributed by atoms with E-state index in [1.165, 1.54) is 4.90 Å². The number of carbonyl (C=O) groups excluding carboxylic acids is 3. The number of quaternary nitrogens is 1. The first-order valence-corrected chi connectivity index (χ1v) is 10.6. The molecule has 2 aromatic rings. The Morgan fingerprint density at radius 2 is 1.70 bits per heavy atom. The number of rotatable bonds is 4. The fraction of sp³-hybridized carbons (Fsp3) is 0.375. The van der Waals surface area contributed by atoms with E-state index in [-0.39, 0.29) is 29.7 Å². The van der Waals surface area contributed by atoms with Gasteiger partial charge in [-0.25, -0.2) is 0 Å². The van der Waals surface area contributed by atoms with Crippen LogP contribution in [0, 0.1) is 17.8 Å². The number of nitrogens with one attached hydrogen (secondary N) is 1. The Morgan fingerprint density at radius 1 is 1.00 bits per heavy atom. The lowest BCUT2D eigenvalue weighted by atomic mass is 9.76. The van der Waals surface area contributed by atoms with Crippen molar-refractivity contribution in [2.75, 3.05) is 11.9 Å². The van der Waals surface area contributed by atoms with E-state index in [1.807, 2.05) is 59.9 Å². The number of benzene rings is 2. The lowest BCUT2D eigenvalue weighted by molar-refractivity contribution is -0.738. The van der Waals surface area contributed by atoms with Crippen molar-refractivity contribution in [3.05, 3.63) is 65.7 Å². The molecule has 3 aliphatic heterocycles. The number of hydrogen-bond donors (Lipinski definition) is 2. The second-order valence-electron chi connectivity index (χ2n) is 8.92. The second-order valence-corrected chi connectivity index (χ2v) is 8.92. The molecule has 3 aliphatic rings. The first-order valence-electron chi connectivity index (χ1n) is 10.6. The molecule has 0 aromatic heterocycles. The second kappa shape index (κ2) is 6.77. The minimum Gasteiger partial charge on any atom is -0.326 e. The summed E-state index contributed by atoms with van der Waals surface area (Å²) in [6.45, 7) is 4.46. The Morgan fingerprint density at radius 3 is 2.43 bits per heavy atom. The molecule has 4 atom stereocenters. The third-order valence-corrected chi connectivity index (χ3v) is 7.04. The van der Waals surface area contributed by atoms with Crippen molar-refractivity contribution in [3.8, 4) is 0 Å². The molecule has 2 aromatic carbocycles. The average molecular weight is 404 g/mol. The third-order valence-electron chi connectivity index (χ3n) is 7.04. The van der Waals surface area contributed by atoms with Gasteiger partial charge in [0, 0.05) is 18.0 Å². The third kappa shape index (κ3) is 2.50. The predicted octanol–water partition coefficient (Wildman–Crippen LogP) is 1.28. The van der Waals surface area contributed by atoms with Crippen molar-refractivity contribution in [2.45, 2.75) is 31.8 Å². The maximum absolute atomic E-state index is 13.6. The zero-order valence-electron chi connectivity index (χ0n) is 17.2. The van der Waals surface area contributed by atoms with Gasteiger partial charge in [-0.15, -0.1) is 0 Å². The SMILES string of the molecule is CC(C)[C@H]1[NH2+][C@]2(C(=O)Nc3ccccc32)[C@@H]2C(=O)N(CCc3ccccc3)C(=O)[C@H]12. The summed E-state index contributed by atoms with van der Waals surface area (Å²) in [5.74, 6) is -1.53. The minimum atomic E-state index is -1.07. The van der Waals surface area contributed by atoms with Crippen LogP contribution in [-0.4, -0.2) is 35.2 Å². The van der Waals surface area contributed by atoms with Crippen molar-refractivity contribution in [3.63, 3.8) is 0 Å². The highest BCUT2D eigenvalue weighted by molar-refractivity contribution is 6.13. The Balaban J connectivity index is 1.54. The molecule has 1 spiro atoms. The van der Waals surface area contributed by atoms with E-state index in [4.69, 9.17) is 0 Å². The van der Waals surface area contributed by atoms with Gasteiger partial charge in [-0.05, 0) is 18.1 Å². The highest BCUT2D eigenvalue weighted by Gasteiger charge is 2.74. The molecule has 30 heavy (non-hydrogen) atoms. The summed E-state index contributed by atoms with van der Waals surface area (Å²) < 4.78 is 0. The molecule has 2 fully saturated rings. The molecule has 6 heteroatoms. The maximum atomic E-state index is 13.6. The van der Waals surface area contributed by atoms with Crippen molar-refractivity contribution in [2.24, 2.45) is 17.8 Å². The Bertz CT molecular complexity index is 1040. The minimum absolute atomic E-state index is 0.120. The van der Waals surface area contributed by atoms with Gasteiger partial charge in [0.2, 0.25) is 17.4 Å². The molecule has 0 bridgehead atoms. The van der Waals surface area contributed by atoms with Crippen LogP contribution in [0.25, 0.3) is 0 Å². The molecule has 2 saturated heterocycles. The van der Waals surface area contributed by atoms with Crippen LogP contribution in [0.15, 0.2) is 54.6 Å². The van der Waals surface area contributed by atoms with Gasteiger partial charge in [0.05, 0.1) is 5.69 Å². The number of carbonyl (C=O) groups is 3. The maximum Gasteiger partial charge on any atom is 0.291 e. The molecule has 0 unspecified atom stereocenters. The van der Waals surface area contributed by atoms with E-state index >= 15 is 0 Å². The summed E-state index contributed by atoms with van der Waals surface area (Å²) in [6.07, 6.45) is 0.615. The number of nitrogens with two attached hydrogens (primary N) is 1. The van der Waals surface area contributed by atoms with E-state index < -0.39 is 17.4 Å². The van der Waals surface area contributed by atoms with Crippen molar-refractivity contribution < 1.29 is 19.7 Å². The number of imide groups is 1. The Kier molecular flexibility index (Phi) is 4.29. The number of nitrogens with zero attached hydrogens (tertiary/aromatic N) is 1. The molecule has 5 rings (SSSR count). The van der Waals surface area contributed by atoms with Crippen molar-refractivity contribution >= 4 is 23.4 Å². The molecule has 3 heterocycles. The molecular formula is C24H26N3O3+. The number of anilines is 1.